The van der Waals surface area contributed by atoms with E-state index in [-0.39, 0.29) is 0 Å². The molecule has 0 unspecified atom stereocenters. The van der Waals surface area contributed by atoms with Gasteiger partial charge >= 0.3 is 0 Å². The van der Waals surface area contributed by atoms with Gasteiger partial charge in [-0.1, -0.05) is 0 Å². The lowest BCUT2D eigenvalue weighted by molar-refractivity contribution is 0.408. The molecule has 1 aromatic carbocycles. The number of nitrogen functional groups attached to an aromatic ring is 1. The molecule has 19 heavy (non-hydrogen) atoms. The van der Waals surface area contributed by atoms with Crippen LogP contribution in [-0.4, -0.2) is 12.1 Å². The van der Waals surface area contributed by atoms with Crippen molar-refractivity contribution in [3.8, 4) is 17.4 Å². The van der Waals surface area contributed by atoms with Crippen molar-refractivity contribution in [2.24, 2.45) is 0 Å². The largest absolute Gasteiger partial charge is 0.496 e. The maximum Gasteiger partial charge on any atom is 0.219 e. The number of pyridine rings is 1. The first-order chi connectivity index (χ1) is 9.01. The Kier molecular flexibility index (Phi) is 4.31. The van der Waals surface area contributed by atoms with Gasteiger partial charge < -0.3 is 15.2 Å². The average Bonchev–Trinajstić information content (AvgIpc) is 2.38. The van der Waals surface area contributed by atoms with E-state index in [4.69, 9.17) is 15.2 Å². The summed E-state index contributed by atoms with van der Waals surface area (Å²) in [6.45, 7) is 1.83. The van der Waals surface area contributed by atoms with Gasteiger partial charge in [-0.2, -0.15) is 0 Å². The first-order valence-corrected chi connectivity index (χ1v) is 7.04. The fraction of sp³-hybridized carbons (Fsp3) is 0.154. The molecular weight excluding hydrogens is 376 g/mol. The van der Waals surface area contributed by atoms with Crippen molar-refractivity contribution in [2.75, 3.05) is 12.8 Å². The third kappa shape index (κ3) is 3.19. The van der Waals surface area contributed by atoms with E-state index in [0.29, 0.717) is 17.3 Å². The van der Waals surface area contributed by atoms with Gasteiger partial charge in [0.1, 0.15) is 11.5 Å². The van der Waals surface area contributed by atoms with Gasteiger partial charge in [0.05, 0.1) is 27.4 Å². The number of nitrogens with zero attached hydrogens (tertiary/aromatic N) is 1. The van der Waals surface area contributed by atoms with Crippen LogP contribution in [0.3, 0.4) is 0 Å². The highest BCUT2D eigenvalue weighted by atomic mass is 79.9. The second-order valence-corrected chi connectivity index (χ2v) is 5.55. The lowest BCUT2D eigenvalue weighted by atomic mass is 10.3. The summed E-state index contributed by atoms with van der Waals surface area (Å²) >= 11 is 6.85. The molecule has 100 valence electrons. The summed E-state index contributed by atoms with van der Waals surface area (Å²) in [6, 6.07) is 7.14. The number of nitrogens with two attached hydrogens (primary N) is 1. The zero-order chi connectivity index (χ0) is 14.0. The van der Waals surface area contributed by atoms with Crippen molar-refractivity contribution in [1.29, 1.82) is 0 Å². The Bertz CT molecular complexity index is 618. The van der Waals surface area contributed by atoms with Gasteiger partial charge in [0.25, 0.3) is 0 Å². The van der Waals surface area contributed by atoms with Crippen LogP contribution in [0.25, 0.3) is 0 Å². The molecule has 0 saturated heterocycles. The molecule has 2 N–H and O–H groups in total. The van der Waals surface area contributed by atoms with Gasteiger partial charge in [0.2, 0.25) is 5.88 Å². The fourth-order valence-electron chi connectivity index (χ4n) is 1.46. The molecule has 0 spiro atoms. The van der Waals surface area contributed by atoms with Crippen LogP contribution < -0.4 is 15.2 Å². The first kappa shape index (κ1) is 14.1. The van der Waals surface area contributed by atoms with E-state index in [1.54, 1.807) is 19.2 Å². The van der Waals surface area contributed by atoms with E-state index in [1.165, 1.54) is 0 Å². The Morgan fingerprint density at radius 1 is 1.11 bits per heavy atom. The third-order valence-corrected chi connectivity index (χ3v) is 3.76. The normalized spacial score (nSPS) is 10.3. The Morgan fingerprint density at radius 2 is 1.74 bits per heavy atom. The quantitative estimate of drug-likeness (QED) is 0.852. The van der Waals surface area contributed by atoms with Crippen LogP contribution in [0.15, 0.2) is 33.2 Å². The summed E-state index contributed by atoms with van der Waals surface area (Å²) in [5.41, 5.74) is 7.10. The summed E-state index contributed by atoms with van der Waals surface area (Å²) < 4.78 is 12.5. The molecule has 0 bridgehead atoms. The topological polar surface area (TPSA) is 57.4 Å². The number of ether oxygens (including phenoxy) is 2. The minimum atomic E-state index is 0.490. The van der Waals surface area contributed by atoms with Crippen LogP contribution in [0.5, 0.6) is 17.4 Å². The molecular formula is C13H12Br2N2O2. The number of aryl methyl sites for hydroxylation is 1. The van der Waals surface area contributed by atoms with Gasteiger partial charge in [-0.3, -0.25) is 0 Å². The molecule has 2 aromatic rings. The van der Waals surface area contributed by atoms with Crippen molar-refractivity contribution in [2.45, 2.75) is 6.92 Å². The molecule has 6 heteroatoms. The number of aromatic nitrogens is 1. The highest BCUT2D eigenvalue weighted by molar-refractivity contribution is 9.11. The van der Waals surface area contributed by atoms with Gasteiger partial charge in [-0.25, -0.2) is 4.98 Å². The molecule has 1 aromatic heterocycles. The lowest BCUT2D eigenvalue weighted by Crippen LogP contribution is -1.96. The standard InChI is InChI=1S/C13H12Br2N2O2/c1-7-10(16)3-4-13(17-7)19-12-6-8(14)11(18-2)5-9(12)15/h3-6H,16H2,1-2H3. The number of hydrogen-bond acceptors (Lipinski definition) is 4. The molecule has 0 aliphatic carbocycles. The second-order valence-electron chi connectivity index (χ2n) is 3.84. The number of hydrogen-bond donors (Lipinski definition) is 1. The van der Waals surface area contributed by atoms with E-state index in [1.807, 2.05) is 19.1 Å². The molecule has 1 heterocycles. The Hall–Kier alpha value is -1.27. The minimum Gasteiger partial charge on any atom is -0.496 e. The molecule has 0 fully saturated rings. The second kappa shape index (κ2) is 5.79. The number of benzene rings is 1. The Morgan fingerprint density at radius 3 is 2.37 bits per heavy atom. The molecule has 0 amide bonds. The molecule has 4 nitrogen and oxygen atoms in total. The van der Waals surface area contributed by atoms with Crippen molar-refractivity contribution in [3.63, 3.8) is 0 Å². The van der Waals surface area contributed by atoms with Crippen molar-refractivity contribution >= 4 is 37.5 Å². The van der Waals surface area contributed by atoms with Gasteiger partial charge in [0.15, 0.2) is 0 Å². The number of halogens is 2. The van der Waals surface area contributed by atoms with Crippen LogP contribution in [0, 0.1) is 6.92 Å². The Balaban J connectivity index is 2.32. The molecule has 0 radical (unpaired) electrons. The van der Waals surface area contributed by atoms with E-state index < -0.39 is 0 Å². The highest BCUT2D eigenvalue weighted by Crippen LogP contribution is 2.37. The minimum absolute atomic E-state index is 0.490. The average molecular weight is 388 g/mol. The first-order valence-electron chi connectivity index (χ1n) is 5.45. The summed E-state index contributed by atoms with van der Waals surface area (Å²) in [4.78, 5) is 4.27. The summed E-state index contributed by atoms with van der Waals surface area (Å²) in [6.07, 6.45) is 0. The smallest absolute Gasteiger partial charge is 0.219 e. The molecule has 2 rings (SSSR count). The molecule has 0 atom stereocenters. The zero-order valence-electron chi connectivity index (χ0n) is 10.4. The predicted molar refractivity (Wildman–Crippen MR) is 81.9 cm³/mol. The van der Waals surface area contributed by atoms with Gasteiger partial charge in [-0.05, 0) is 57.0 Å². The lowest BCUT2D eigenvalue weighted by Gasteiger charge is -2.11. The summed E-state index contributed by atoms with van der Waals surface area (Å²) in [7, 11) is 1.61. The van der Waals surface area contributed by atoms with E-state index in [0.717, 1.165) is 20.4 Å². The third-order valence-electron chi connectivity index (χ3n) is 2.52. The monoisotopic (exact) mass is 386 g/mol. The summed E-state index contributed by atoms with van der Waals surface area (Å²) in [5, 5.41) is 0. The SMILES string of the molecule is COc1cc(Br)c(Oc2ccc(N)c(C)n2)cc1Br. The summed E-state index contributed by atoms with van der Waals surface area (Å²) in [5.74, 6) is 1.86. The van der Waals surface area contributed by atoms with Gasteiger partial charge in [0, 0.05) is 6.07 Å². The van der Waals surface area contributed by atoms with Crippen LogP contribution in [0.2, 0.25) is 0 Å². The molecule has 0 saturated carbocycles. The van der Waals surface area contributed by atoms with Crippen LogP contribution in [0.4, 0.5) is 5.69 Å². The van der Waals surface area contributed by atoms with Crippen molar-refractivity contribution in [1.82, 2.24) is 4.98 Å². The van der Waals surface area contributed by atoms with Crippen molar-refractivity contribution < 1.29 is 9.47 Å². The van der Waals surface area contributed by atoms with E-state index >= 15 is 0 Å². The maximum absolute atomic E-state index is 5.73. The van der Waals surface area contributed by atoms with Crippen LogP contribution in [-0.2, 0) is 0 Å². The Labute approximate surface area is 128 Å². The number of anilines is 1. The van der Waals surface area contributed by atoms with Crippen LogP contribution >= 0.6 is 31.9 Å². The predicted octanol–water partition coefficient (Wildman–Crippen LogP) is 4.30. The van der Waals surface area contributed by atoms with E-state index in [9.17, 15) is 0 Å². The number of rotatable bonds is 3. The molecule has 0 aliphatic heterocycles. The van der Waals surface area contributed by atoms with Crippen molar-refractivity contribution in [3.05, 3.63) is 38.9 Å². The van der Waals surface area contributed by atoms with Crippen LogP contribution in [0.1, 0.15) is 5.69 Å². The zero-order valence-corrected chi connectivity index (χ0v) is 13.6. The highest BCUT2D eigenvalue weighted by Gasteiger charge is 2.10. The fourth-order valence-corrected chi connectivity index (χ4v) is 2.35. The maximum atomic E-state index is 5.73. The molecule has 0 aliphatic rings. The number of methoxy groups -OCH3 is 1. The van der Waals surface area contributed by atoms with Gasteiger partial charge in [-0.15, -0.1) is 0 Å². The van der Waals surface area contributed by atoms with E-state index in [2.05, 4.69) is 36.8 Å².